The van der Waals surface area contributed by atoms with Crippen LogP contribution in [0, 0.1) is 0 Å². The molecule has 2 N–H and O–H groups in total. The molecule has 0 saturated carbocycles. The van der Waals surface area contributed by atoms with Gasteiger partial charge in [0, 0.05) is 39.4 Å². The minimum atomic E-state index is 0. The first-order valence-electron chi connectivity index (χ1n) is 7.85. The smallest absolute Gasteiger partial charge is 0.0658 e. The molecule has 5 heterocycles. The van der Waals surface area contributed by atoms with Crippen LogP contribution in [0.3, 0.4) is 0 Å². The zero-order chi connectivity index (χ0) is 15.9. The number of hydrogen-bond acceptors (Lipinski definition) is 2. The Morgan fingerprint density at radius 2 is 0.760 bits per heavy atom. The van der Waals surface area contributed by atoms with Crippen LogP contribution in [0.4, 0.5) is 0 Å². The van der Waals surface area contributed by atoms with E-state index in [0.717, 1.165) is 44.8 Å². The average Bonchev–Trinajstić information content (AvgIpc) is 3.32. The summed E-state index contributed by atoms with van der Waals surface area (Å²) in [5, 5.41) is 0. The Morgan fingerprint density at radius 1 is 0.480 bits per heavy atom. The summed E-state index contributed by atoms with van der Waals surface area (Å²) in [5.41, 5.74) is 7.86. The second kappa shape index (κ2) is 6.21. The van der Waals surface area contributed by atoms with Gasteiger partial charge in [-0.25, -0.2) is 9.97 Å². The molecule has 0 unspecified atom stereocenters. The number of rotatable bonds is 0. The summed E-state index contributed by atoms with van der Waals surface area (Å²) < 4.78 is 0. The van der Waals surface area contributed by atoms with E-state index in [1.807, 2.05) is 48.6 Å². The van der Waals surface area contributed by atoms with E-state index in [9.17, 15) is 0 Å². The minimum absolute atomic E-state index is 0. The first kappa shape index (κ1) is 15.6. The number of H-pyrrole nitrogens is 2. The molecular weight excluding hydrogens is 348 g/mol. The molecule has 0 aliphatic carbocycles. The molecule has 0 radical (unpaired) electrons. The second-order valence-electron chi connectivity index (χ2n) is 5.91. The second-order valence-corrected chi connectivity index (χ2v) is 5.91. The molecule has 0 saturated heterocycles. The van der Waals surface area contributed by atoms with E-state index in [2.05, 4.69) is 44.2 Å². The van der Waals surface area contributed by atoms with Crippen molar-refractivity contribution in [2.45, 2.75) is 0 Å². The van der Waals surface area contributed by atoms with Crippen LogP contribution in [-0.2, 0) is 17.4 Å². The van der Waals surface area contributed by atoms with Crippen molar-refractivity contribution in [3.05, 3.63) is 71.3 Å². The molecule has 8 bridgehead atoms. The van der Waals surface area contributed by atoms with Gasteiger partial charge in [0.1, 0.15) is 0 Å². The van der Waals surface area contributed by atoms with Gasteiger partial charge in [0.2, 0.25) is 0 Å². The van der Waals surface area contributed by atoms with Crippen molar-refractivity contribution >= 4 is 46.4 Å². The summed E-state index contributed by atoms with van der Waals surface area (Å²) in [6.45, 7) is 0. The van der Waals surface area contributed by atoms with Gasteiger partial charge in [-0.1, -0.05) is 0 Å². The fraction of sp³-hybridized carbons (Fsp3) is 0. The van der Waals surface area contributed by atoms with Crippen LogP contribution in [-0.4, -0.2) is 19.9 Å². The van der Waals surface area contributed by atoms with Gasteiger partial charge in [-0.05, 0) is 72.8 Å². The molecule has 0 amide bonds. The molecule has 3 aromatic heterocycles. The van der Waals surface area contributed by atoms with Crippen LogP contribution in [0.2, 0.25) is 0 Å². The fourth-order valence-corrected chi connectivity index (χ4v) is 2.94. The van der Waals surface area contributed by atoms with E-state index in [4.69, 9.17) is 0 Å². The number of fused-ring (bicyclic) bond motifs is 8. The largest absolute Gasteiger partial charge is 0.355 e. The van der Waals surface area contributed by atoms with Gasteiger partial charge >= 0.3 is 0 Å². The van der Waals surface area contributed by atoms with Crippen LogP contribution < -0.4 is 0 Å². The Kier molecular flexibility index (Phi) is 3.89. The monoisotopic (exact) mass is 362 g/mol. The summed E-state index contributed by atoms with van der Waals surface area (Å²) in [5.74, 6) is 0. The van der Waals surface area contributed by atoms with E-state index in [-0.39, 0.29) is 17.4 Å². The summed E-state index contributed by atoms with van der Waals surface area (Å²) in [6.07, 6.45) is 8.09. The van der Waals surface area contributed by atoms with E-state index >= 15 is 0 Å². The van der Waals surface area contributed by atoms with E-state index in [1.54, 1.807) is 0 Å². The van der Waals surface area contributed by atoms with Gasteiger partial charge in [-0.15, -0.1) is 0 Å². The van der Waals surface area contributed by atoms with Crippen molar-refractivity contribution in [2.24, 2.45) is 0 Å². The molecular formula is C20H14CrN4. The van der Waals surface area contributed by atoms with Crippen LogP contribution >= 0.6 is 0 Å². The summed E-state index contributed by atoms with van der Waals surface area (Å²) in [7, 11) is 0. The Morgan fingerprint density at radius 3 is 1.04 bits per heavy atom. The van der Waals surface area contributed by atoms with Crippen LogP contribution in [0.5, 0.6) is 0 Å². The number of aromatic amines is 2. The minimum Gasteiger partial charge on any atom is -0.355 e. The maximum Gasteiger partial charge on any atom is 0.0658 e. The van der Waals surface area contributed by atoms with E-state index in [0.29, 0.717) is 0 Å². The van der Waals surface area contributed by atoms with Crippen molar-refractivity contribution in [3.8, 4) is 0 Å². The summed E-state index contributed by atoms with van der Waals surface area (Å²) >= 11 is 0. The standard InChI is InChI=1S/C20H14N4.Cr/c1-2-14-10-16-5-6-18(23-16)12-20-8-7-19(24-20)11-17-4-3-15(22-17)9-13(1)21-14;/h1-12,21,24H;. The molecule has 0 aromatic carbocycles. The van der Waals surface area contributed by atoms with Gasteiger partial charge in [-0.3, -0.25) is 0 Å². The molecule has 4 nitrogen and oxygen atoms in total. The molecule has 2 aliphatic heterocycles. The quantitative estimate of drug-likeness (QED) is 0.421. The Bertz CT molecular complexity index is 990. The number of hydrogen-bond donors (Lipinski definition) is 2. The molecule has 0 fully saturated rings. The molecule has 3 aromatic rings. The van der Waals surface area contributed by atoms with Crippen molar-refractivity contribution in [1.29, 1.82) is 0 Å². The third-order valence-electron chi connectivity index (χ3n) is 4.04. The van der Waals surface area contributed by atoms with Gasteiger partial charge in [-0.2, -0.15) is 0 Å². The molecule has 5 heteroatoms. The van der Waals surface area contributed by atoms with Gasteiger partial charge < -0.3 is 9.97 Å². The Hall–Kier alpha value is -2.87. The van der Waals surface area contributed by atoms with Crippen LogP contribution in [0.1, 0.15) is 22.8 Å². The maximum atomic E-state index is 4.63. The maximum absolute atomic E-state index is 4.63. The summed E-state index contributed by atoms with van der Waals surface area (Å²) in [6, 6.07) is 16.4. The Labute approximate surface area is 155 Å². The van der Waals surface area contributed by atoms with Crippen molar-refractivity contribution < 1.29 is 17.4 Å². The first-order valence-corrected chi connectivity index (χ1v) is 7.85. The predicted octanol–water partition coefficient (Wildman–Crippen LogP) is 4.65. The molecule has 120 valence electrons. The van der Waals surface area contributed by atoms with Crippen molar-refractivity contribution in [2.75, 3.05) is 0 Å². The van der Waals surface area contributed by atoms with Crippen LogP contribution in [0.15, 0.2) is 48.5 Å². The zero-order valence-electron chi connectivity index (χ0n) is 13.2. The number of aromatic nitrogens is 4. The average molecular weight is 362 g/mol. The predicted molar refractivity (Wildman–Crippen MR) is 98.9 cm³/mol. The number of nitrogens with zero attached hydrogens (tertiary/aromatic N) is 2. The van der Waals surface area contributed by atoms with E-state index in [1.165, 1.54) is 0 Å². The topological polar surface area (TPSA) is 57.4 Å². The molecule has 0 atom stereocenters. The van der Waals surface area contributed by atoms with Crippen LogP contribution in [0.25, 0.3) is 46.4 Å². The molecule has 0 spiro atoms. The fourth-order valence-electron chi connectivity index (χ4n) is 2.94. The SMILES string of the molecule is C1=Cc2cc3ccc(cc4nc(cc5ccc(cc1n2)[nH]5)C=C4)[nH]3.[Cr]. The van der Waals surface area contributed by atoms with E-state index < -0.39 is 0 Å². The molecule has 5 rings (SSSR count). The third-order valence-corrected chi connectivity index (χ3v) is 4.04. The van der Waals surface area contributed by atoms with Gasteiger partial charge in [0.05, 0.1) is 22.8 Å². The molecule has 25 heavy (non-hydrogen) atoms. The zero-order valence-corrected chi connectivity index (χ0v) is 14.5. The van der Waals surface area contributed by atoms with Crippen molar-refractivity contribution in [1.82, 2.24) is 19.9 Å². The first-order chi connectivity index (χ1) is 11.8. The van der Waals surface area contributed by atoms with Gasteiger partial charge in [0.25, 0.3) is 0 Å². The molecule has 2 aliphatic rings. The third kappa shape index (κ3) is 3.20. The van der Waals surface area contributed by atoms with Gasteiger partial charge in [0.15, 0.2) is 0 Å². The number of nitrogens with one attached hydrogen (secondary N) is 2. The normalized spacial score (nSPS) is 12.2. The van der Waals surface area contributed by atoms with Crippen molar-refractivity contribution in [3.63, 3.8) is 0 Å². The Balaban J connectivity index is 0.00000157. The summed E-state index contributed by atoms with van der Waals surface area (Å²) in [4.78, 5) is 16.0.